The first-order valence-electron chi connectivity index (χ1n) is 11.2. The topological polar surface area (TPSA) is 106 Å². The van der Waals surface area contributed by atoms with Crippen molar-refractivity contribution < 1.29 is 22.7 Å². The van der Waals surface area contributed by atoms with Crippen molar-refractivity contribution >= 4 is 38.4 Å². The first-order chi connectivity index (χ1) is 15.6. The number of hydrogen-bond donors (Lipinski definition) is 1. The van der Waals surface area contributed by atoms with E-state index in [2.05, 4.69) is 16.6 Å². The molecule has 1 unspecified atom stereocenters. The van der Waals surface area contributed by atoms with Gasteiger partial charge in [0.1, 0.15) is 4.88 Å². The molecule has 0 spiro atoms. The fourth-order valence-corrected chi connectivity index (χ4v) is 5.35. The third-order valence-corrected chi connectivity index (χ3v) is 7.85. The van der Waals surface area contributed by atoms with Gasteiger partial charge in [-0.05, 0) is 57.9 Å². The molecule has 1 aromatic heterocycles. The molecule has 1 heterocycles. The van der Waals surface area contributed by atoms with Gasteiger partial charge in [0.05, 0.1) is 17.2 Å². The summed E-state index contributed by atoms with van der Waals surface area (Å²) in [5, 5.41) is 0.423. The molecular weight excluding hydrogens is 462 g/mol. The molecule has 0 saturated heterocycles. The second-order valence-corrected chi connectivity index (χ2v) is 10.4. The average Bonchev–Trinajstić information content (AvgIpc) is 3.17. The summed E-state index contributed by atoms with van der Waals surface area (Å²) in [6, 6.07) is 5.69. The van der Waals surface area contributed by atoms with Gasteiger partial charge in [0, 0.05) is 18.2 Å². The predicted molar refractivity (Wildman–Crippen MR) is 131 cm³/mol. The minimum Gasteiger partial charge on any atom is -0.462 e. The number of benzene rings is 1. The summed E-state index contributed by atoms with van der Waals surface area (Å²) in [5.74, 6) is -0.753. The molecule has 8 nitrogen and oxygen atoms in total. The van der Waals surface area contributed by atoms with Gasteiger partial charge < -0.3 is 4.74 Å². The molecule has 0 aliphatic carbocycles. The van der Waals surface area contributed by atoms with Crippen molar-refractivity contribution in [3.05, 3.63) is 40.4 Å². The van der Waals surface area contributed by atoms with Crippen LogP contribution in [0.5, 0.6) is 0 Å². The summed E-state index contributed by atoms with van der Waals surface area (Å²) in [5.41, 5.74) is 0.860. The first-order valence-corrected chi connectivity index (χ1v) is 13.5. The van der Waals surface area contributed by atoms with E-state index >= 15 is 0 Å². The van der Waals surface area contributed by atoms with Gasteiger partial charge in [0.25, 0.3) is 5.91 Å². The number of hydrogen-bond acceptors (Lipinski definition) is 7. The lowest BCUT2D eigenvalue weighted by molar-refractivity contribution is 0.0531. The van der Waals surface area contributed by atoms with E-state index in [0.29, 0.717) is 34.2 Å². The van der Waals surface area contributed by atoms with Crippen LogP contribution in [0.2, 0.25) is 0 Å². The van der Waals surface area contributed by atoms with E-state index in [1.54, 1.807) is 25.7 Å². The molecule has 1 aromatic carbocycles. The van der Waals surface area contributed by atoms with Crippen molar-refractivity contribution in [2.75, 3.05) is 18.1 Å². The smallest absolute Gasteiger partial charge is 0.350 e. The van der Waals surface area contributed by atoms with Gasteiger partial charge in [-0.2, -0.15) is 0 Å². The van der Waals surface area contributed by atoms with Crippen LogP contribution in [-0.4, -0.2) is 44.5 Å². The molecule has 0 saturated carbocycles. The second-order valence-electron chi connectivity index (χ2n) is 7.75. The Morgan fingerprint density at radius 3 is 2.39 bits per heavy atom. The fraction of sp³-hybridized carbons (Fsp3) is 0.522. The Balaban J connectivity index is 2.33. The van der Waals surface area contributed by atoms with Gasteiger partial charge in [-0.25, -0.2) is 22.9 Å². The summed E-state index contributed by atoms with van der Waals surface area (Å²) >= 11 is 1.13. The Hall–Kier alpha value is -2.30. The molecule has 2 rings (SSSR count). The van der Waals surface area contributed by atoms with Crippen molar-refractivity contribution in [1.29, 1.82) is 0 Å². The fourth-order valence-electron chi connectivity index (χ4n) is 3.04. The lowest BCUT2D eigenvalue weighted by Crippen LogP contribution is -2.33. The van der Waals surface area contributed by atoms with Crippen LogP contribution in [0, 0.1) is 6.92 Å². The predicted octanol–water partition coefficient (Wildman–Crippen LogP) is 4.54. The number of thiazole rings is 1. The van der Waals surface area contributed by atoms with E-state index in [9.17, 15) is 18.0 Å². The number of amides is 1. The van der Waals surface area contributed by atoms with E-state index in [4.69, 9.17) is 4.74 Å². The number of aromatic nitrogens is 1. The molecule has 0 radical (unpaired) electrons. The van der Waals surface area contributed by atoms with Crippen molar-refractivity contribution in [2.24, 2.45) is 0 Å². The number of aryl methyl sites for hydroxylation is 1. The zero-order chi connectivity index (χ0) is 24.6. The maximum absolute atomic E-state index is 13.4. The maximum Gasteiger partial charge on any atom is 0.350 e. The zero-order valence-corrected chi connectivity index (χ0v) is 21.5. The molecule has 182 valence electrons. The van der Waals surface area contributed by atoms with Crippen LogP contribution in [0.1, 0.15) is 79.1 Å². The molecule has 1 amide bonds. The van der Waals surface area contributed by atoms with Gasteiger partial charge in [0.2, 0.25) is 10.0 Å². The highest BCUT2D eigenvalue weighted by molar-refractivity contribution is 7.89. The summed E-state index contributed by atoms with van der Waals surface area (Å²) in [6.07, 6.45) is 3.38. The molecule has 1 atom stereocenters. The second kappa shape index (κ2) is 12.2. The largest absolute Gasteiger partial charge is 0.462 e. The monoisotopic (exact) mass is 495 g/mol. The van der Waals surface area contributed by atoms with Gasteiger partial charge in [-0.1, -0.05) is 38.0 Å². The van der Waals surface area contributed by atoms with Gasteiger partial charge in [-0.15, -0.1) is 0 Å². The van der Waals surface area contributed by atoms with Gasteiger partial charge in [0.15, 0.2) is 5.13 Å². The quantitative estimate of drug-likeness (QED) is 0.342. The van der Waals surface area contributed by atoms with Crippen molar-refractivity contribution in [1.82, 2.24) is 9.71 Å². The van der Waals surface area contributed by atoms with Gasteiger partial charge in [-0.3, -0.25) is 9.69 Å². The molecule has 1 N–H and O–H groups in total. The summed E-state index contributed by atoms with van der Waals surface area (Å²) < 4.78 is 32.7. The minimum atomic E-state index is -3.66. The number of ether oxygens (including phenoxy) is 1. The number of unbranched alkanes of at least 4 members (excludes halogenated alkanes) is 2. The normalized spacial score (nSPS) is 12.4. The number of carbonyl (C=O) groups excluding carboxylic acids is 2. The van der Waals surface area contributed by atoms with E-state index in [-0.39, 0.29) is 23.5 Å². The molecule has 0 fully saturated rings. The van der Waals surface area contributed by atoms with E-state index in [1.807, 2.05) is 6.92 Å². The number of anilines is 1. The zero-order valence-electron chi connectivity index (χ0n) is 19.9. The van der Waals surface area contributed by atoms with Crippen LogP contribution in [0.4, 0.5) is 5.13 Å². The molecule has 2 aromatic rings. The molecule has 0 aliphatic rings. The Morgan fingerprint density at radius 1 is 1.15 bits per heavy atom. The number of rotatable bonds is 12. The SMILES string of the molecule is CCCCCN(C(=O)c1ccc(S(=O)(=O)NC(C)CC)cc1)c1nc(C)c(C(=O)OCC)s1. The third-order valence-electron chi connectivity index (χ3n) is 5.09. The Labute approximate surface area is 200 Å². The molecule has 33 heavy (non-hydrogen) atoms. The van der Waals surface area contributed by atoms with Crippen molar-refractivity contribution in [3.63, 3.8) is 0 Å². The summed E-state index contributed by atoms with van der Waals surface area (Å²) in [6.45, 7) is 9.91. The summed E-state index contributed by atoms with van der Waals surface area (Å²) in [7, 11) is -3.66. The van der Waals surface area contributed by atoms with Crippen molar-refractivity contribution in [3.8, 4) is 0 Å². The molecule has 10 heteroatoms. The Bertz CT molecular complexity index is 1050. The van der Waals surface area contributed by atoms with E-state index in [1.165, 1.54) is 24.3 Å². The summed E-state index contributed by atoms with van der Waals surface area (Å²) in [4.78, 5) is 32.0. The lowest BCUT2D eigenvalue weighted by atomic mass is 10.2. The van der Waals surface area contributed by atoms with Crippen LogP contribution < -0.4 is 9.62 Å². The maximum atomic E-state index is 13.4. The molecule has 0 bridgehead atoms. The van der Waals surface area contributed by atoms with Crippen LogP contribution in [0.25, 0.3) is 0 Å². The number of nitrogens with one attached hydrogen (secondary N) is 1. The number of sulfonamides is 1. The van der Waals surface area contributed by atoms with Crippen LogP contribution in [0.3, 0.4) is 0 Å². The Morgan fingerprint density at radius 2 is 1.82 bits per heavy atom. The number of carbonyl (C=O) groups is 2. The minimum absolute atomic E-state index is 0.103. The van der Waals surface area contributed by atoms with Gasteiger partial charge >= 0.3 is 5.97 Å². The van der Waals surface area contributed by atoms with Crippen molar-refractivity contribution in [2.45, 2.75) is 71.2 Å². The molecular formula is C23H33N3O5S2. The highest BCUT2D eigenvalue weighted by Gasteiger charge is 2.25. The lowest BCUT2D eigenvalue weighted by Gasteiger charge is -2.20. The van der Waals surface area contributed by atoms with Crippen LogP contribution >= 0.6 is 11.3 Å². The standard InChI is InChI=1S/C23H33N3O5S2/c1-6-9-10-15-26(23-24-17(5)20(32-23)22(28)31-8-3)21(27)18-11-13-19(14-12-18)33(29,30)25-16(4)7-2/h11-14,16,25H,6-10,15H2,1-5H3. The number of nitrogens with zero attached hydrogens (tertiary/aromatic N) is 2. The van der Waals surface area contributed by atoms with Crippen LogP contribution in [0.15, 0.2) is 29.2 Å². The highest BCUT2D eigenvalue weighted by atomic mass is 32.2. The first kappa shape index (κ1) is 26.9. The highest BCUT2D eigenvalue weighted by Crippen LogP contribution is 2.29. The Kier molecular flexibility index (Phi) is 10.00. The van der Waals surface area contributed by atoms with Crippen LogP contribution in [-0.2, 0) is 14.8 Å². The third kappa shape index (κ3) is 7.09. The van der Waals surface area contributed by atoms with E-state index < -0.39 is 16.0 Å². The average molecular weight is 496 g/mol. The van der Waals surface area contributed by atoms with E-state index in [0.717, 1.165) is 30.6 Å². The molecule has 0 aliphatic heterocycles. The number of esters is 1.